The third kappa shape index (κ3) is 5.34. The van der Waals surface area contributed by atoms with Crippen molar-refractivity contribution in [2.24, 2.45) is 5.92 Å². The van der Waals surface area contributed by atoms with E-state index in [2.05, 4.69) is 17.1 Å². The second-order valence-corrected chi connectivity index (χ2v) is 6.87. The summed E-state index contributed by atoms with van der Waals surface area (Å²) in [5.41, 5.74) is 0.949. The number of hydrogen-bond donors (Lipinski definition) is 2. The van der Waals surface area contributed by atoms with Crippen molar-refractivity contribution < 1.29 is 19.4 Å². The van der Waals surface area contributed by atoms with Crippen LogP contribution in [-0.2, 0) is 11.3 Å². The van der Waals surface area contributed by atoms with E-state index in [1.165, 1.54) is 0 Å². The number of carbonyl (C=O) groups is 1. The number of likely N-dealkylation sites (tertiary alicyclic amines) is 1. The molecule has 0 bridgehead atoms. The lowest BCUT2D eigenvalue weighted by atomic mass is 9.90. The summed E-state index contributed by atoms with van der Waals surface area (Å²) >= 11 is 0. The van der Waals surface area contributed by atoms with Gasteiger partial charge in [-0.25, -0.2) is 0 Å². The van der Waals surface area contributed by atoms with Gasteiger partial charge in [-0.2, -0.15) is 0 Å². The predicted molar refractivity (Wildman–Crippen MR) is 96.8 cm³/mol. The fraction of sp³-hybridized carbons (Fsp3) is 0.632. The molecule has 2 rings (SSSR count). The van der Waals surface area contributed by atoms with Gasteiger partial charge >= 0.3 is 0 Å². The molecule has 1 aromatic rings. The molecule has 1 heterocycles. The number of hydrogen-bond acceptors (Lipinski definition) is 5. The lowest BCUT2D eigenvalue weighted by molar-refractivity contribution is -0.124. The normalized spacial score (nSPS) is 22.3. The zero-order valence-corrected chi connectivity index (χ0v) is 15.6. The van der Waals surface area contributed by atoms with Crippen LogP contribution in [0.15, 0.2) is 18.2 Å². The standard InChI is InChI=1S/C19H30N2O4/c1-13-7-8-21(16(9-13)14(2)22)12-19(23)20-11-15-5-6-17(24-3)18(10-15)25-4/h5-6,10,13-14,16,22H,7-9,11-12H2,1-4H3,(H,20,23)/t13-,14+,16+/m0/s1. The Labute approximate surface area is 150 Å². The summed E-state index contributed by atoms with van der Waals surface area (Å²) in [6, 6.07) is 5.65. The highest BCUT2D eigenvalue weighted by Crippen LogP contribution is 2.27. The van der Waals surface area contributed by atoms with Crippen molar-refractivity contribution >= 4 is 5.91 Å². The van der Waals surface area contributed by atoms with Crippen LogP contribution >= 0.6 is 0 Å². The van der Waals surface area contributed by atoms with Gasteiger partial charge < -0.3 is 19.9 Å². The first-order chi connectivity index (χ1) is 11.9. The molecule has 1 fully saturated rings. The summed E-state index contributed by atoms with van der Waals surface area (Å²) < 4.78 is 10.5. The molecule has 2 N–H and O–H groups in total. The van der Waals surface area contributed by atoms with Crippen molar-refractivity contribution in [3.05, 3.63) is 23.8 Å². The Morgan fingerprint density at radius 1 is 1.36 bits per heavy atom. The quantitative estimate of drug-likeness (QED) is 0.785. The maximum Gasteiger partial charge on any atom is 0.234 e. The third-order valence-corrected chi connectivity index (χ3v) is 4.86. The Morgan fingerprint density at radius 3 is 2.72 bits per heavy atom. The van der Waals surface area contributed by atoms with Crippen molar-refractivity contribution in [1.82, 2.24) is 10.2 Å². The number of nitrogens with zero attached hydrogens (tertiary/aromatic N) is 1. The Morgan fingerprint density at radius 2 is 2.08 bits per heavy atom. The zero-order valence-electron chi connectivity index (χ0n) is 15.6. The van der Waals surface area contributed by atoms with Crippen LogP contribution in [0.2, 0.25) is 0 Å². The minimum Gasteiger partial charge on any atom is -0.493 e. The van der Waals surface area contributed by atoms with Gasteiger partial charge in [0.1, 0.15) is 0 Å². The van der Waals surface area contributed by atoms with Crippen molar-refractivity contribution in [2.75, 3.05) is 27.3 Å². The summed E-state index contributed by atoms with van der Waals surface area (Å²) in [5, 5.41) is 12.9. The molecule has 25 heavy (non-hydrogen) atoms. The van der Waals surface area contributed by atoms with Gasteiger partial charge in [0.05, 0.1) is 26.9 Å². The van der Waals surface area contributed by atoms with E-state index in [-0.39, 0.29) is 11.9 Å². The van der Waals surface area contributed by atoms with Crippen LogP contribution in [0.4, 0.5) is 0 Å². The van der Waals surface area contributed by atoms with Gasteiger partial charge in [0, 0.05) is 12.6 Å². The number of ether oxygens (including phenoxy) is 2. The molecule has 1 aliphatic rings. The van der Waals surface area contributed by atoms with Gasteiger partial charge in [-0.15, -0.1) is 0 Å². The maximum absolute atomic E-state index is 12.3. The number of methoxy groups -OCH3 is 2. The first-order valence-electron chi connectivity index (χ1n) is 8.84. The van der Waals surface area contributed by atoms with E-state index < -0.39 is 6.10 Å². The summed E-state index contributed by atoms with van der Waals surface area (Å²) in [6.45, 7) is 5.60. The molecule has 1 saturated heterocycles. The van der Waals surface area contributed by atoms with E-state index in [1.54, 1.807) is 21.1 Å². The number of nitrogens with one attached hydrogen (secondary N) is 1. The van der Waals surface area contributed by atoms with Gasteiger partial charge in [0.15, 0.2) is 11.5 Å². The molecule has 0 radical (unpaired) electrons. The highest BCUT2D eigenvalue weighted by atomic mass is 16.5. The Kier molecular flexibility index (Phi) is 7.08. The monoisotopic (exact) mass is 350 g/mol. The van der Waals surface area contributed by atoms with Crippen LogP contribution in [0.25, 0.3) is 0 Å². The zero-order chi connectivity index (χ0) is 18.4. The van der Waals surface area contributed by atoms with Crippen molar-refractivity contribution in [3.8, 4) is 11.5 Å². The van der Waals surface area contributed by atoms with Gasteiger partial charge in [-0.05, 0) is 49.9 Å². The topological polar surface area (TPSA) is 71.0 Å². The Hall–Kier alpha value is -1.79. The summed E-state index contributed by atoms with van der Waals surface area (Å²) in [6.07, 6.45) is 1.56. The van der Waals surface area contributed by atoms with Crippen LogP contribution in [-0.4, -0.2) is 55.4 Å². The number of piperidine rings is 1. The predicted octanol–water partition coefficient (Wildman–Crippen LogP) is 1.80. The SMILES string of the molecule is COc1ccc(CNC(=O)CN2CC[C@H](C)C[C@@H]2[C@@H](C)O)cc1OC. The van der Waals surface area contributed by atoms with E-state index in [0.717, 1.165) is 24.9 Å². The first kappa shape index (κ1) is 19.5. The third-order valence-electron chi connectivity index (χ3n) is 4.86. The number of benzene rings is 1. The molecule has 0 aromatic heterocycles. The lowest BCUT2D eigenvalue weighted by Gasteiger charge is -2.39. The molecular weight excluding hydrogens is 320 g/mol. The Balaban J connectivity index is 1.90. The van der Waals surface area contributed by atoms with E-state index in [0.29, 0.717) is 30.5 Å². The van der Waals surface area contributed by atoms with Crippen LogP contribution in [0.3, 0.4) is 0 Å². The van der Waals surface area contributed by atoms with Crippen LogP contribution in [0.5, 0.6) is 11.5 Å². The highest BCUT2D eigenvalue weighted by molar-refractivity contribution is 5.78. The average Bonchev–Trinajstić information content (AvgIpc) is 2.61. The van der Waals surface area contributed by atoms with Gasteiger partial charge in [-0.1, -0.05) is 13.0 Å². The van der Waals surface area contributed by atoms with Crippen LogP contribution < -0.4 is 14.8 Å². The minimum absolute atomic E-state index is 0.0324. The highest BCUT2D eigenvalue weighted by Gasteiger charge is 2.30. The molecule has 0 aliphatic carbocycles. The largest absolute Gasteiger partial charge is 0.493 e. The lowest BCUT2D eigenvalue weighted by Crippen LogP contribution is -2.51. The van der Waals surface area contributed by atoms with Crippen LogP contribution in [0, 0.1) is 5.92 Å². The molecule has 1 aliphatic heterocycles. The van der Waals surface area contributed by atoms with E-state index in [9.17, 15) is 9.90 Å². The first-order valence-corrected chi connectivity index (χ1v) is 8.84. The van der Waals surface area contributed by atoms with Gasteiger partial charge in [0.2, 0.25) is 5.91 Å². The van der Waals surface area contributed by atoms with Gasteiger partial charge in [0.25, 0.3) is 0 Å². The fourth-order valence-electron chi connectivity index (χ4n) is 3.36. The maximum atomic E-state index is 12.3. The molecule has 0 unspecified atom stereocenters. The molecule has 140 valence electrons. The molecule has 3 atom stereocenters. The number of rotatable bonds is 7. The number of aliphatic hydroxyl groups is 1. The molecule has 1 amide bonds. The molecule has 0 spiro atoms. The minimum atomic E-state index is -0.429. The average molecular weight is 350 g/mol. The second-order valence-electron chi connectivity index (χ2n) is 6.87. The molecular formula is C19H30N2O4. The van der Waals surface area contributed by atoms with E-state index in [4.69, 9.17) is 9.47 Å². The van der Waals surface area contributed by atoms with Crippen molar-refractivity contribution in [1.29, 1.82) is 0 Å². The number of aliphatic hydroxyl groups excluding tert-OH is 1. The number of amides is 1. The Bertz CT molecular complexity index is 577. The molecule has 1 aromatic carbocycles. The second kappa shape index (κ2) is 9.06. The smallest absolute Gasteiger partial charge is 0.234 e. The molecule has 6 nitrogen and oxygen atoms in total. The van der Waals surface area contributed by atoms with Crippen molar-refractivity contribution in [3.63, 3.8) is 0 Å². The number of carbonyl (C=O) groups excluding carboxylic acids is 1. The molecule has 6 heteroatoms. The van der Waals surface area contributed by atoms with Gasteiger partial charge in [-0.3, -0.25) is 9.69 Å². The van der Waals surface area contributed by atoms with E-state index >= 15 is 0 Å². The summed E-state index contributed by atoms with van der Waals surface area (Å²) in [5.74, 6) is 1.87. The summed E-state index contributed by atoms with van der Waals surface area (Å²) in [4.78, 5) is 14.4. The summed E-state index contributed by atoms with van der Waals surface area (Å²) in [7, 11) is 3.19. The molecule has 0 saturated carbocycles. The van der Waals surface area contributed by atoms with Crippen LogP contribution in [0.1, 0.15) is 32.3 Å². The van der Waals surface area contributed by atoms with E-state index in [1.807, 2.05) is 18.2 Å². The van der Waals surface area contributed by atoms with Crippen molar-refractivity contribution in [2.45, 2.75) is 45.4 Å². The fourth-order valence-corrected chi connectivity index (χ4v) is 3.36.